The molecule has 1 aromatic heterocycles. The number of hydrogen-bond acceptors (Lipinski definition) is 5. The van der Waals surface area contributed by atoms with Gasteiger partial charge in [0, 0.05) is 11.5 Å². The molecule has 0 saturated heterocycles. The summed E-state index contributed by atoms with van der Waals surface area (Å²) >= 11 is 0. The average Bonchev–Trinajstić information content (AvgIpc) is 3.05. The van der Waals surface area contributed by atoms with E-state index >= 15 is 0 Å². The van der Waals surface area contributed by atoms with Crippen LogP contribution < -0.4 is 14.2 Å². The van der Waals surface area contributed by atoms with E-state index in [-0.39, 0.29) is 4.90 Å². The SMILES string of the molecule is COc1ccc(S(=O)(=O)N[C@H](C)c2cc3ccccc3o2)cc1OC. The molecule has 3 rings (SSSR count). The molecular formula is C18H19NO5S. The molecule has 0 aliphatic heterocycles. The summed E-state index contributed by atoms with van der Waals surface area (Å²) < 4.78 is 43.9. The van der Waals surface area contributed by atoms with Crippen LogP contribution in [0.4, 0.5) is 0 Å². The van der Waals surface area contributed by atoms with Crippen LogP contribution in [0.3, 0.4) is 0 Å². The van der Waals surface area contributed by atoms with E-state index in [0.717, 1.165) is 11.0 Å². The fraction of sp³-hybridized carbons (Fsp3) is 0.222. The monoisotopic (exact) mass is 361 g/mol. The summed E-state index contributed by atoms with van der Waals surface area (Å²) in [5.41, 5.74) is 0.717. The van der Waals surface area contributed by atoms with Gasteiger partial charge in [-0.3, -0.25) is 0 Å². The van der Waals surface area contributed by atoms with Crippen molar-refractivity contribution >= 4 is 21.0 Å². The Morgan fingerprint density at radius 3 is 2.40 bits per heavy atom. The highest BCUT2D eigenvalue weighted by Gasteiger charge is 2.22. The van der Waals surface area contributed by atoms with Gasteiger partial charge in [0.25, 0.3) is 0 Å². The molecule has 0 unspecified atom stereocenters. The van der Waals surface area contributed by atoms with Crippen molar-refractivity contribution in [1.29, 1.82) is 0 Å². The predicted octanol–water partition coefficient (Wildman–Crippen LogP) is 3.49. The molecule has 0 aliphatic carbocycles. The Morgan fingerprint density at radius 2 is 1.72 bits per heavy atom. The third-order valence-corrected chi connectivity index (χ3v) is 5.41. The molecule has 0 saturated carbocycles. The lowest BCUT2D eigenvalue weighted by Crippen LogP contribution is -2.26. The second-order valence-corrected chi connectivity index (χ2v) is 7.26. The first-order valence-corrected chi connectivity index (χ1v) is 9.16. The van der Waals surface area contributed by atoms with Crippen molar-refractivity contribution in [3.05, 3.63) is 54.3 Å². The van der Waals surface area contributed by atoms with E-state index in [1.165, 1.54) is 26.4 Å². The van der Waals surface area contributed by atoms with Gasteiger partial charge in [0.1, 0.15) is 11.3 Å². The minimum absolute atomic E-state index is 0.0908. The van der Waals surface area contributed by atoms with Crippen LogP contribution in [0, 0.1) is 0 Å². The molecular weight excluding hydrogens is 342 g/mol. The van der Waals surface area contributed by atoms with E-state index in [1.807, 2.05) is 30.3 Å². The Hall–Kier alpha value is -2.51. The Labute approximate surface area is 146 Å². The van der Waals surface area contributed by atoms with Gasteiger partial charge in [0.05, 0.1) is 25.2 Å². The fourth-order valence-corrected chi connectivity index (χ4v) is 3.79. The second kappa shape index (κ2) is 6.78. The molecule has 1 atom stereocenters. The minimum Gasteiger partial charge on any atom is -0.493 e. The topological polar surface area (TPSA) is 77.8 Å². The second-order valence-electron chi connectivity index (χ2n) is 5.55. The maximum Gasteiger partial charge on any atom is 0.241 e. The number of benzene rings is 2. The van der Waals surface area contributed by atoms with E-state index in [0.29, 0.717) is 17.3 Å². The summed E-state index contributed by atoms with van der Waals surface area (Å²) in [5.74, 6) is 1.36. The first-order valence-electron chi connectivity index (χ1n) is 7.67. The molecule has 0 amide bonds. The van der Waals surface area contributed by atoms with Crippen molar-refractivity contribution < 1.29 is 22.3 Å². The summed E-state index contributed by atoms with van der Waals surface area (Å²) in [6.45, 7) is 1.73. The number of hydrogen-bond donors (Lipinski definition) is 1. The molecule has 0 spiro atoms. The highest BCUT2D eigenvalue weighted by Crippen LogP contribution is 2.30. The van der Waals surface area contributed by atoms with E-state index in [9.17, 15) is 8.42 Å². The third kappa shape index (κ3) is 3.47. The molecule has 0 fully saturated rings. The lowest BCUT2D eigenvalue weighted by Gasteiger charge is -2.14. The summed E-state index contributed by atoms with van der Waals surface area (Å²) in [5, 5.41) is 0.926. The van der Waals surface area contributed by atoms with Crippen molar-refractivity contribution in [2.75, 3.05) is 14.2 Å². The maximum atomic E-state index is 12.6. The number of para-hydroxylation sites is 1. The van der Waals surface area contributed by atoms with Gasteiger partial charge >= 0.3 is 0 Å². The van der Waals surface area contributed by atoms with E-state index < -0.39 is 16.1 Å². The average molecular weight is 361 g/mol. The number of methoxy groups -OCH3 is 2. The largest absolute Gasteiger partial charge is 0.493 e. The summed E-state index contributed by atoms with van der Waals surface area (Å²) in [4.78, 5) is 0.0908. The number of nitrogens with one attached hydrogen (secondary N) is 1. The van der Waals surface area contributed by atoms with Crippen LogP contribution >= 0.6 is 0 Å². The highest BCUT2D eigenvalue weighted by atomic mass is 32.2. The Balaban J connectivity index is 1.87. The normalized spacial score (nSPS) is 12.9. The summed E-state index contributed by atoms with van der Waals surface area (Å²) in [6.07, 6.45) is 0. The van der Waals surface area contributed by atoms with E-state index in [2.05, 4.69) is 4.72 Å². The van der Waals surface area contributed by atoms with Crippen LogP contribution in [0.2, 0.25) is 0 Å². The first-order chi connectivity index (χ1) is 11.9. The zero-order chi connectivity index (χ0) is 18.0. The van der Waals surface area contributed by atoms with E-state index in [1.54, 1.807) is 13.0 Å². The maximum absolute atomic E-state index is 12.6. The van der Waals surface area contributed by atoms with Crippen LogP contribution in [-0.2, 0) is 10.0 Å². The van der Waals surface area contributed by atoms with Crippen molar-refractivity contribution in [2.45, 2.75) is 17.9 Å². The van der Waals surface area contributed by atoms with Gasteiger partial charge in [-0.25, -0.2) is 13.1 Å². The minimum atomic E-state index is -3.75. The van der Waals surface area contributed by atoms with Crippen LogP contribution in [-0.4, -0.2) is 22.6 Å². The molecule has 6 nitrogen and oxygen atoms in total. The van der Waals surface area contributed by atoms with Crippen molar-refractivity contribution in [1.82, 2.24) is 4.72 Å². The zero-order valence-electron chi connectivity index (χ0n) is 14.1. The molecule has 132 valence electrons. The molecule has 7 heteroatoms. The number of sulfonamides is 1. The Kier molecular flexibility index (Phi) is 4.69. The number of rotatable bonds is 6. The fourth-order valence-electron chi connectivity index (χ4n) is 2.56. The molecule has 25 heavy (non-hydrogen) atoms. The number of fused-ring (bicyclic) bond motifs is 1. The number of furan rings is 1. The van der Waals surface area contributed by atoms with Gasteiger partial charge in [-0.2, -0.15) is 0 Å². The molecule has 3 aromatic rings. The van der Waals surface area contributed by atoms with Gasteiger partial charge in [0.2, 0.25) is 10.0 Å². The molecule has 2 aromatic carbocycles. The van der Waals surface area contributed by atoms with Crippen molar-refractivity contribution in [3.8, 4) is 11.5 Å². The van der Waals surface area contributed by atoms with Gasteiger partial charge in [-0.1, -0.05) is 18.2 Å². The van der Waals surface area contributed by atoms with Gasteiger partial charge in [-0.05, 0) is 31.2 Å². The lowest BCUT2D eigenvalue weighted by molar-refractivity contribution is 0.354. The molecule has 0 bridgehead atoms. The molecule has 0 radical (unpaired) electrons. The summed E-state index contributed by atoms with van der Waals surface area (Å²) in [6, 6.07) is 13.3. The van der Waals surface area contributed by atoms with Crippen molar-refractivity contribution in [3.63, 3.8) is 0 Å². The third-order valence-electron chi connectivity index (χ3n) is 3.87. The molecule has 1 heterocycles. The quantitative estimate of drug-likeness (QED) is 0.727. The summed E-state index contributed by atoms with van der Waals surface area (Å²) in [7, 11) is -0.797. The van der Waals surface area contributed by atoms with Gasteiger partial charge in [-0.15, -0.1) is 0 Å². The number of ether oxygens (including phenoxy) is 2. The standard InChI is InChI=1S/C18H19NO5S/c1-12(17-10-13-6-4-5-7-15(13)24-17)19-25(20,21)14-8-9-16(22-2)18(11-14)23-3/h4-12,19H,1-3H3/t12-/m1/s1. The van der Waals surface area contributed by atoms with Crippen LogP contribution in [0.5, 0.6) is 11.5 Å². The zero-order valence-corrected chi connectivity index (χ0v) is 15.0. The van der Waals surface area contributed by atoms with Gasteiger partial charge in [0.15, 0.2) is 11.5 Å². The van der Waals surface area contributed by atoms with Crippen molar-refractivity contribution in [2.24, 2.45) is 0 Å². The highest BCUT2D eigenvalue weighted by molar-refractivity contribution is 7.89. The van der Waals surface area contributed by atoms with Crippen LogP contribution in [0.25, 0.3) is 11.0 Å². The van der Waals surface area contributed by atoms with Gasteiger partial charge < -0.3 is 13.9 Å². The smallest absolute Gasteiger partial charge is 0.241 e. The first kappa shape index (κ1) is 17.3. The lowest BCUT2D eigenvalue weighted by atomic mass is 10.2. The molecule has 0 aliphatic rings. The van der Waals surface area contributed by atoms with Crippen LogP contribution in [0.15, 0.2) is 57.8 Å². The van der Waals surface area contributed by atoms with E-state index in [4.69, 9.17) is 13.9 Å². The van der Waals surface area contributed by atoms with Crippen LogP contribution in [0.1, 0.15) is 18.7 Å². The molecule has 1 N–H and O–H groups in total. The predicted molar refractivity (Wildman–Crippen MR) is 94.5 cm³/mol. The Morgan fingerprint density at radius 1 is 1.00 bits per heavy atom. The Bertz CT molecular complexity index is 961.